The van der Waals surface area contributed by atoms with Crippen molar-refractivity contribution in [3.63, 3.8) is 0 Å². The van der Waals surface area contributed by atoms with Crippen LogP contribution in [-0.2, 0) is 14.7 Å². The molecule has 0 saturated carbocycles. The summed E-state index contributed by atoms with van der Waals surface area (Å²) in [5, 5.41) is 0. The fourth-order valence-corrected chi connectivity index (χ4v) is 3.16. The van der Waals surface area contributed by atoms with E-state index in [4.69, 9.17) is 9.31 Å². The minimum Gasteiger partial charge on any atom is -0.407 e. The summed E-state index contributed by atoms with van der Waals surface area (Å²) < 4.78 is 11.9. The van der Waals surface area contributed by atoms with Crippen molar-refractivity contribution in [2.75, 3.05) is 31.7 Å². The molecule has 3 nitrogen and oxygen atoms in total. The van der Waals surface area contributed by atoms with Gasteiger partial charge in [-0.2, -0.15) is 0 Å². The van der Waals surface area contributed by atoms with E-state index in [9.17, 15) is 0 Å². The maximum absolute atomic E-state index is 5.93. The Hall–Kier alpha value is -0.995. The third-order valence-corrected chi connectivity index (χ3v) is 4.76. The molecule has 0 aromatic heterocycles. The van der Waals surface area contributed by atoms with E-state index in [1.54, 1.807) is 0 Å². The van der Waals surface area contributed by atoms with E-state index in [2.05, 4.69) is 57.8 Å². The van der Waals surface area contributed by atoms with Crippen LogP contribution >= 0.6 is 0 Å². The summed E-state index contributed by atoms with van der Waals surface area (Å²) in [4.78, 5) is 2.34. The molecule has 3 rings (SSSR count). The lowest BCUT2D eigenvalue weighted by Gasteiger charge is -2.39. The van der Waals surface area contributed by atoms with Gasteiger partial charge in [0.25, 0.3) is 0 Å². The first-order valence-corrected chi connectivity index (χ1v) is 7.87. The van der Waals surface area contributed by atoms with Crippen molar-refractivity contribution in [2.45, 2.75) is 39.5 Å². The number of hydrogen-bond acceptors (Lipinski definition) is 3. The summed E-state index contributed by atoms with van der Waals surface area (Å²) in [5.74, 6) is 0. The SMILES string of the molecule is CN1CCC(C)(C)c2cc(B3OCC(C)(C)CO3)ccc21. The smallest absolute Gasteiger partial charge is 0.407 e. The highest BCUT2D eigenvalue weighted by Gasteiger charge is 2.36. The van der Waals surface area contributed by atoms with Crippen LogP contribution in [0.2, 0.25) is 0 Å². The molecule has 1 aromatic carbocycles. The number of rotatable bonds is 1. The highest BCUT2D eigenvalue weighted by molar-refractivity contribution is 6.61. The first-order chi connectivity index (χ1) is 9.78. The van der Waals surface area contributed by atoms with Crippen molar-refractivity contribution in [1.29, 1.82) is 0 Å². The van der Waals surface area contributed by atoms with Gasteiger partial charge in [0.15, 0.2) is 0 Å². The second-order valence-electron chi connectivity index (χ2n) is 7.95. The van der Waals surface area contributed by atoms with Crippen LogP contribution in [0.4, 0.5) is 5.69 Å². The molecule has 4 heteroatoms. The molecule has 1 aromatic rings. The Bertz CT molecular complexity index is 532. The first-order valence-electron chi connectivity index (χ1n) is 7.87. The third kappa shape index (κ3) is 2.84. The molecule has 2 aliphatic rings. The van der Waals surface area contributed by atoms with Crippen LogP contribution in [-0.4, -0.2) is 33.9 Å². The fourth-order valence-electron chi connectivity index (χ4n) is 3.16. The van der Waals surface area contributed by atoms with Crippen molar-refractivity contribution >= 4 is 18.3 Å². The average molecular weight is 287 g/mol. The molecule has 0 bridgehead atoms. The van der Waals surface area contributed by atoms with E-state index in [1.807, 2.05) is 0 Å². The van der Waals surface area contributed by atoms with Crippen molar-refractivity contribution in [1.82, 2.24) is 0 Å². The number of fused-ring (bicyclic) bond motifs is 1. The van der Waals surface area contributed by atoms with Crippen LogP contribution in [0.1, 0.15) is 39.7 Å². The highest BCUT2D eigenvalue weighted by atomic mass is 16.6. The monoisotopic (exact) mass is 287 g/mol. The molecule has 0 amide bonds. The molecule has 2 aliphatic heterocycles. The Balaban J connectivity index is 1.89. The second kappa shape index (κ2) is 5.03. The van der Waals surface area contributed by atoms with Crippen LogP contribution in [0, 0.1) is 5.41 Å². The molecule has 0 atom stereocenters. The maximum atomic E-state index is 5.93. The zero-order valence-corrected chi connectivity index (χ0v) is 13.9. The van der Waals surface area contributed by atoms with Gasteiger partial charge in [-0.05, 0) is 28.9 Å². The van der Waals surface area contributed by atoms with E-state index < -0.39 is 0 Å². The molecule has 21 heavy (non-hydrogen) atoms. The predicted molar refractivity (Wildman–Crippen MR) is 88.4 cm³/mol. The molecule has 0 spiro atoms. The van der Waals surface area contributed by atoms with Gasteiger partial charge >= 0.3 is 7.12 Å². The number of benzene rings is 1. The van der Waals surface area contributed by atoms with E-state index in [0.717, 1.165) is 25.2 Å². The topological polar surface area (TPSA) is 21.7 Å². The van der Waals surface area contributed by atoms with Gasteiger partial charge < -0.3 is 14.2 Å². The van der Waals surface area contributed by atoms with E-state index in [-0.39, 0.29) is 17.9 Å². The van der Waals surface area contributed by atoms with Crippen molar-refractivity contribution in [3.05, 3.63) is 23.8 Å². The fraction of sp³-hybridized carbons (Fsp3) is 0.647. The van der Waals surface area contributed by atoms with E-state index in [1.165, 1.54) is 17.7 Å². The van der Waals surface area contributed by atoms with Gasteiger partial charge in [-0.25, -0.2) is 0 Å². The molecule has 0 unspecified atom stereocenters. The quantitative estimate of drug-likeness (QED) is 0.741. The molecule has 0 aliphatic carbocycles. The van der Waals surface area contributed by atoms with Gasteiger partial charge in [-0.3, -0.25) is 0 Å². The predicted octanol–water partition coefficient (Wildman–Crippen LogP) is 2.57. The lowest BCUT2D eigenvalue weighted by Crippen LogP contribution is -2.48. The molecule has 1 saturated heterocycles. The van der Waals surface area contributed by atoms with Crippen LogP contribution in [0.3, 0.4) is 0 Å². The van der Waals surface area contributed by atoms with Gasteiger partial charge in [0.2, 0.25) is 0 Å². The second-order valence-corrected chi connectivity index (χ2v) is 7.95. The van der Waals surface area contributed by atoms with E-state index in [0.29, 0.717) is 0 Å². The Morgan fingerprint density at radius 1 is 1.10 bits per heavy atom. The summed E-state index contributed by atoms with van der Waals surface area (Å²) >= 11 is 0. The normalized spacial score (nSPS) is 23.9. The first kappa shape index (κ1) is 14.9. The Labute approximate surface area is 128 Å². The van der Waals surface area contributed by atoms with Crippen molar-refractivity contribution in [2.24, 2.45) is 5.41 Å². The summed E-state index contributed by atoms with van der Waals surface area (Å²) in [5.41, 5.74) is 4.22. The van der Waals surface area contributed by atoms with Crippen LogP contribution < -0.4 is 10.4 Å². The van der Waals surface area contributed by atoms with Gasteiger partial charge in [0.1, 0.15) is 0 Å². The zero-order chi connectivity index (χ0) is 15.3. The molecule has 2 heterocycles. The highest BCUT2D eigenvalue weighted by Crippen LogP contribution is 2.38. The number of nitrogens with zero attached hydrogens (tertiary/aromatic N) is 1. The minimum absolute atomic E-state index is 0.115. The zero-order valence-electron chi connectivity index (χ0n) is 13.9. The maximum Gasteiger partial charge on any atom is 0.493 e. The van der Waals surface area contributed by atoms with E-state index >= 15 is 0 Å². The Kier molecular flexibility index (Phi) is 3.57. The summed E-state index contributed by atoms with van der Waals surface area (Å²) in [7, 11) is 1.95. The molecular formula is C17H26BNO2. The number of hydrogen-bond donors (Lipinski definition) is 0. The Morgan fingerprint density at radius 3 is 2.43 bits per heavy atom. The average Bonchev–Trinajstić information content (AvgIpc) is 2.43. The Morgan fingerprint density at radius 2 is 1.76 bits per heavy atom. The van der Waals surface area contributed by atoms with Gasteiger partial charge in [-0.1, -0.05) is 39.8 Å². The molecule has 114 valence electrons. The van der Waals surface area contributed by atoms with Gasteiger partial charge in [-0.15, -0.1) is 0 Å². The van der Waals surface area contributed by atoms with Crippen molar-refractivity contribution < 1.29 is 9.31 Å². The van der Waals surface area contributed by atoms with Gasteiger partial charge in [0.05, 0.1) is 0 Å². The van der Waals surface area contributed by atoms with Crippen LogP contribution in [0.25, 0.3) is 0 Å². The largest absolute Gasteiger partial charge is 0.493 e. The van der Waals surface area contributed by atoms with Gasteiger partial charge in [0, 0.05) is 37.9 Å². The van der Waals surface area contributed by atoms with Crippen LogP contribution in [0.5, 0.6) is 0 Å². The van der Waals surface area contributed by atoms with Crippen LogP contribution in [0.15, 0.2) is 18.2 Å². The summed E-state index contributed by atoms with van der Waals surface area (Å²) in [6, 6.07) is 6.66. The minimum atomic E-state index is -0.216. The van der Waals surface area contributed by atoms with Crippen molar-refractivity contribution in [3.8, 4) is 0 Å². The molecule has 0 N–H and O–H groups in total. The summed E-state index contributed by atoms with van der Waals surface area (Å²) in [6.45, 7) is 11.6. The molecular weight excluding hydrogens is 261 g/mol. The lowest BCUT2D eigenvalue weighted by atomic mass is 9.71. The summed E-state index contributed by atoms with van der Waals surface area (Å²) in [6.07, 6.45) is 1.18. The third-order valence-electron chi connectivity index (χ3n) is 4.76. The molecule has 0 radical (unpaired) electrons. The lowest BCUT2D eigenvalue weighted by molar-refractivity contribution is 0.0343. The standard InChI is InChI=1S/C17H26BNO2/c1-16(2)11-20-18(21-12-16)13-6-7-15-14(10-13)17(3,4)8-9-19(15)5/h6-7,10H,8-9,11-12H2,1-5H3. The molecule has 1 fully saturated rings. The number of anilines is 1.